The average molecular weight is 461 g/mol. The van der Waals surface area contributed by atoms with Gasteiger partial charge in [-0.2, -0.15) is 0 Å². The predicted molar refractivity (Wildman–Crippen MR) is 114 cm³/mol. The lowest BCUT2D eigenvalue weighted by Crippen LogP contribution is -2.32. The monoisotopic (exact) mass is 459 g/mol. The van der Waals surface area contributed by atoms with Crippen LogP contribution in [0.25, 0.3) is 10.2 Å². The predicted octanol–water partition coefficient (Wildman–Crippen LogP) is 5.14. The molecule has 134 valence electrons. The number of thiazole rings is 1. The van der Waals surface area contributed by atoms with Crippen molar-refractivity contribution >= 4 is 72.3 Å². The molecule has 2 heterocycles. The molecule has 0 saturated carbocycles. The largest absolute Gasteiger partial charge is 0.309 e. The van der Waals surface area contributed by atoms with Crippen LogP contribution in [-0.2, 0) is 0 Å². The van der Waals surface area contributed by atoms with E-state index < -0.39 is 0 Å². The van der Waals surface area contributed by atoms with Gasteiger partial charge >= 0.3 is 0 Å². The molecule has 0 aliphatic rings. The molecule has 2 aromatic heterocycles. The van der Waals surface area contributed by atoms with Crippen molar-refractivity contribution in [2.24, 2.45) is 0 Å². The summed E-state index contributed by atoms with van der Waals surface area (Å²) in [6.45, 7) is 1.60. The van der Waals surface area contributed by atoms with E-state index in [0.29, 0.717) is 6.54 Å². The highest BCUT2D eigenvalue weighted by Crippen LogP contribution is 2.32. The molecule has 0 fully saturated rings. The Kier molecular flexibility index (Phi) is 7.39. The molecule has 0 aliphatic carbocycles. The molecule has 0 unspecified atom stereocenters. The van der Waals surface area contributed by atoms with Crippen LogP contribution in [0.15, 0.2) is 40.2 Å². The number of carbonyl (C=O) groups is 1. The smallest absolute Gasteiger partial charge is 0.270 e. The van der Waals surface area contributed by atoms with E-state index in [2.05, 4.69) is 25.8 Å². The molecule has 0 saturated heterocycles. The van der Waals surface area contributed by atoms with Crippen LogP contribution in [0.2, 0.25) is 0 Å². The Labute approximate surface area is 170 Å². The normalized spacial score (nSPS) is 10.9. The third-order valence-corrected chi connectivity index (χ3v) is 5.93. The molecule has 0 bridgehead atoms. The molecule has 0 radical (unpaired) electrons. The van der Waals surface area contributed by atoms with E-state index in [9.17, 15) is 4.79 Å². The van der Waals surface area contributed by atoms with Crippen LogP contribution in [0.4, 0.5) is 5.13 Å². The summed E-state index contributed by atoms with van der Waals surface area (Å²) in [6.07, 6.45) is 0.906. The average Bonchev–Trinajstić information content (AvgIpc) is 3.19. The van der Waals surface area contributed by atoms with Gasteiger partial charge in [0, 0.05) is 11.0 Å². The van der Waals surface area contributed by atoms with Crippen LogP contribution in [0, 0.1) is 0 Å². The van der Waals surface area contributed by atoms with Gasteiger partial charge < -0.3 is 4.90 Å². The van der Waals surface area contributed by atoms with Gasteiger partial charge in [0.25, 0.3) is 5.91 Å². The van der Waals surface area contributed by atoms with Gasteiger partial charge in [0.2, 0.25) is 0 Å². The van der Waals surface area contributed by atoms with Crippen molar-refractivity contribution in [3.8, 4) is 0 Å². The van der Waals surface area contributed by atoms with E-state index in [1.807, 2.05) is 54.7 Å². The fourth-order valence-corrected chi connectivity index (χ4v) is 4.58. The van der Waals surface area contributed by atoms with E-state index in [0.717, 1.165) is 37.7 Å². The molecule has 0 N–H and O–H groups in total. The third-order valence-electron chi connectivity index (χ3n) is 3.53. The summed E-state index contributed by atoms with van der Waals surface area (Å²) >= 11 is 6.52. The topological polar surface area (TPSA) is 36.4 Å². The number of fused-ring (bicyclic) bond motifs is 1. The molecule has 1 aromatic carbocycles. The minimum absolute atomic E-state index is 0. The number of benzene rings is 1. The minimum Gasteiger partial charge on any atom is -0.309 e. The maximum atomic E-state index is 12.9. The SMILES string of the molecule is CN(C)CCCN(C(=O)c1cccs1)c1nc2ccc(Br)cc2s1.Cl. The zero-order chi connectivity index (χ0) is 17.1. The van der Waals surface area contributed by atoms with Crippen molar-refractivity contribution in [1.82, 2.24) is 9.88 Å². The standard InChI is InChI=1S/C17H18BrN3OS2.ClH/c1-20(2)8-4-9-21(16(22)14-5-3-10-23-14)17-19-13-7-6-12(18)11-15(13)24-17;/h3,5-7,10-11H,4,8-9H2,1-2H3;1H. The van der Waals surface area contributed by atoms with E-state index >= 15 is 0 Å². The summed E-state index contributed by atoms with van der Waals surface area (Å²) in [5.74, 6) is 0.0295. The quantitative estimate of drug-likeness (QED) is 0.511. The molecule has 4 nitrogen and oxygen atoms in total. The number of amides is 1. The summed E-state index contributed by atoms with van der Waals surface area (Å²) in [6, 6.07) is 9.78. The van der Waals surface area contributed by atoms with E-state index in [1.165, 1.54) is 11.3 Å². The first kappa shape index (κ1) is 20.3. The summed E-state index contributed by atoms with van der Waals surface area (Å²) in [5.41, 5.74) is 0.926. The van der Waals surface area contributed by atoms with Gasteiger partial charge in [0.15, 0.2) is 5.13 Å². The Balaban J connectivity index is 0.00000225. The number of halogens is 2. The highest BCUT2D eigenvalue weighted by atomic mass is 79.9. The number of carbonyl (C=O) groups excluding carboxylic acids is 1. The van der Waals surface area contributed by atoms with Crippen LogP contribution >= 0.6 is 51.0 Å². The maximum Gasteiger partial charge on any atom is 0.270 e. The Morgan fingerprint density at radius 3 is 2.72 bits per heavy atom. The van der Waals surface area contributed by atoms with Gasteiger partial charge in [0.1, 0.15) is 0 Å². The van der Waals surface area contributed by atoms with Crippen LogP contribution < -0.4 is 4.90 Å². The Morgan fingerprint density at radius 2 is 2.04 bits per heavy atom. The number of nitrogens with zero attached hydrogens (tertiary/aromatic N) is 3. The highest BCUT2D eigenvalue weighted by molar-refractivity contribution is 9.10. The molecule has 0 aliphatic heterocycles. The summed E-state index contributed by atoms with van der Waals surface area (Å²) in [7, 11) is 4.08. The maximum absolute atomic E-state index is 12.9. The van der Waals surface area contributed by atoms with Crippen LogP contribution in [0.5, 0.6) is 0 Å². The summed E-state index contributed by atoms with van der Waals surface area (Å²) in [5, 5.41) is 2.70. The summed E-state index contributed by atoms with van der Waals surface area (Å²) in [4.78, 5) is 22.3. The fourth-order valence-electron chi connectivity index (χ4n) is 2.36. The lowest BCUT2D eigenvalue weighted by molar-refractivity contribution is 0.0990. The molecule has 1 amide bonds. The van der Waals surface area contributed by atoms with E-state index in [1.54, 1.807) is 11.3 Å². The van der Waals surface area contributed by atoms with Gasteiger partial charge in [-0.25, -0.2) is 4.98 Å². The van der Waals surface area contributed by atoms with Crippen molar-refractivity contribution in [3.63, 3.8) is 0 Å². The van der Waals surface area contributed by atoms with Crippen LogP contribution in [0.3, 0.4) is 0 Å². The van der Waals surface area contributed by atoms with Crippen molar-refractivity contribution in [1.29, 1.82) is 0 Å². The molecule has 3 rings (SSSR count). The highest BCUT2D eigenvalue weighted by Gasteiger charge is 2.21. The number of rotatable bonds is 6. The van der Waals surface area contributed by atoms with Crippen molar-refractivity contribution < 1.29 is 4.79 Å². The molecular weight excluding hydrogens is 442 g/mol. The van der Waals surface area contributed by atoms with Gasteiger partial charge in [-0.15, -0.1) is 23.7 Å². The Morgan fingerprint density at radius 1 is 1.24 bits per heavy atom. The van der Waals surface area contributed by atoms with Gasteiger partial charge in [-0.05, 0) is 56.7 Å². The zero-order valence-electron chi connectivity index (χ0n) is 13.9. The Bertz CT molecular complexity index is 836. The second-order valence-electron chi connectivity index (χ2n) is 5.70. The third kappa shape index (κ3) is 5.01. The van der Waals surface area contributed by atoms with Gasteiger partial charge in [0.05, 0.1) is 15.1 Å². The first-order valence-electron chi connectivity index (χ1n) is 7.61. The van der Waals surface area contributed by atoms with Crippen LogP contribution in [0.1, 0.15) is 16.1 Å². The second-order valence-corrected chi connectivity index (χ2v) is 8.57. The molecule has 8 heteroatoms. The molecule has 0 atom stereocenters. The van der Waals surface area contributed by atoms with Crippen molar-refractivity contribution in [3.05, 3.63) is 45.1 Å². The number of hydrogen-bond donors (Lipinski definition) is 0. The second kappa shape index (κ2) is 9.09. The molecule has 0 spiro atoms. The van der Waals surface area contributed by atoms with Crippen LogP contribution in [-0.4, -0.2) is 43.0 Å². The number of aromatic nitrogens is 1. The van der Waals surface area contributed by atoms with Gasteiger partial charge in [-0.3, -0.25) is 9.69 Å². The summed E-state index contributed by atoms with van der Waals surface area (Å²) < 4.78 is 2.10. The van der Waals surface area contributed by atoms with Crippen molar-refractivity contribution in [2.45, 2.75) is 6.42 Å². The van der Waals surface area contributed by atoms with E-state index in [4.69, 9.17) is 0 Å². The van der Waals surface area contributed by atoms with E-state index in [-0.39, 0.29) is 18.3 Å². The zero-order valence-corrected chi connectivity index (χ0v) is 18.0. The number of thiophene rings is 1. The van der Waals surface area contributed by atoms with Crippen molar-refractivity contribution in [2.75, 3.05) is 32.1 Å². The number of hydrogen-bond acceptors (Lipinski definition) is 5. The molecule has 25 heavy (non-hydrogen) atoms. The Hall–Kier alpha value is -0.990. The first-order valence-corrected chi connectivity index (χ1v) is 10.1. The fraction of sp³-hybridized carbons (Fsp3) is 0.294. The number of anilines is 1. The van der Waals surface area contributed by atoms with Gasteiger partial charge in [-0.1, -0.05) is 33.3 Å². The molecule has 3 aromatic rings. The lowest BCUT2D eigenvalue weighted by Gasteiger charge is -2.20. The molecular formula is C17H19BrClN3OS2. The first-order chi connectivity index (χ1) is 11.5. The minimum atomic E-state index is 0. The lowest BCUT2D eigenvalue weighted by atomic mass is 10.3.